The number of aromatic nitrogens is 1. The molecule has 122 valence electrons. The first-order chi connectivity index (χ1) is 11.1. The fourth-order valence-electron chi connectivity index (χ4n) is 2.92. The first-order valence-electron chi connectivity index (χ1n) is 8.48. The van der Waals surface area contributed by atoms with Gasteiger partial charge in [0.2, 0.25) is 0 Å². The van der Waals surface area contributed by atoms with Gasteiger partial charge in [-0.2, -0.15) is 0 Å². The van der Waals surface area contributed by atoms with Gasteiger partial charge in [0, 0.05) is 24.7 Å². The summed E-state index contributed by atoms with van der Waals surface area (Å²) in [5, 5.41) is 11.4. The molecule has 1 heterocycles. The zero-order chi connectivity index (χ0) is 16.4. The Morgan fingerprint density at radius 2 is 2.17 bits per heavy atom. The Morgan fingerprint density at radius 1 is 1.39 bits per heavy atom. The summed E-state index contributed by atoms with van der Waals surface area (Å²) < 4.78 is 1.78. The van der Waals surface area contributed by atoms with E-state index in [1.54, 1.807) is 10.8 Å². The lowest BCUT2D eigenvalue weighted by Crippen LogP contribution is -2.24. The molecule has 4 heteroatoms. The first-order valence-corrected chi connectivity index (χ1v) is 8.48. The third kappa shape index (κ3) is 3.16. The molecule has 23 heavy (non-hydrogen) atoms. The van der Waals surface area contributed by atoms with Crippen LogP contribution in [0.25, 0.3) is 10.9 Å². The minimum Gasteiger partial charge on any atom is -0.506 e. The zero-order valence-corrected chi connectivity index (χ0v) is 13.9. The van der Waals surface area contributed by atoms with Crippen LogP contribution in [0, 0.1) is 12.8 Å². The van der Waals surface area contributed by atoms with Crippen LogP contribution in [0.5, 0.6) is 5.75 Å². The number of benzene rings is 1. The molecule has 0 radical (unpaired) electrons. The SMILES string of the molecule is CCCCn1c(=O)c(C=NCC2CC2)c(O)c2c(C)cccc21. The third-order valence-corrected chi connectivity index (χ3v) is 4.53. The van der Waals surface area contributed by atoms with Crippen molar-refractivity contribution in [3.05, 3.63) is 39.7 Å². The number of aromatic hydroxyl groups is 1. The number of aryl methyl sites for hydroxylation is 2. The van der Waals surface area contributed by atoms with Crippen LogP contribution in [0.1, 0.15) is 43.7 Å². The standard InChI is InChI=1S/C19H24N2O2/c1-3-4-10-21-16-7-5-6-13(2)17(16)18(22)15(19(21)23)12-20-11-14-8-9-14/h5-7,12,14,22H,3-4,8-11H2,1-2H3. The van der Waals surface area contributed by atoms with E-state index in [1.807, 2.05) is 25.1 Å². The van der Waals surface area contributed by atoms with Gasteiger partial charge < -0.3 is 9.67 Å². The molecule has 1 fully saturated rings. The number of unbranched alkanes of at least 4 members (excludes halogenated alkanes) is 1. The molecule has 0 spiro atoms. The Bertz CT molecular complexity index is 801. The quantitative estimate of drug-likeness (QED) is 0.828. The second kappa shape index (κ2) is 6.57. The molecule has 0 bridgehead atoms. The molecule has 0 unspecified atom stereocenters. The molecule has 1 aromatic carbocycles. The fraction of sp³-hybridized carbons (Fsp3) is 0.474. The number of pyridine rings is 1. The van der Waals surface area contributed by atoms with Gasteiger partial charge >= 0.3 is 0 Å². The second-order valence-electron chi connectivity index (χ2n) is 6.48. The zero-order valence-electron chi connectivity index (χ0n) is 13.9. The van der Waals surface area contributed by atoms with Crippen LogP contribution in [0.2, 0.25) is 0 Å². The monoisotopic (exact) mass is 312 g/mol. The second-order valence-corrected chi connectivity index (χ2v) is 6.48. The van der Waals surface area contributed by atoms with Crippen LogP contribution in [-0.2, 0) is 6.54 Å². The van der Waals surface area contributed by atoms with E-state index in [1.165, 1.54) is 12.8 Å². The lowest BCUT2D eigenvalue weighted by atomic mass is 10.1. The summed E-state index contributed by atoms with van der Waals surface area (Å²) in [7, 11) is 0. The Kier molecular flexibility index (Phi) is 4.51. The van der Waals surface area contributed by atoms with E-state index in [0.29, 0.717) is 18.0 Å². The molecular formula is C19H24N2O2. The van der Waals surface area contributed by atoms with Crippen LogP contribution in [0.3, 0.4) is 0 Å². The molecular weight excluding hydrogens is 288 g/mol. The van der Waals surface area contributed by atoms with Crippen molar-refractivity contribution in [1.82, 2.24) is 4.57 Å². The van der Waals surface area contributed by atoms with E-state index in [0.717, 1.165) is 35.9 Å². The Morgan fingerprint density at radius 3 is 2.87 bits per heavy atom. The maximum atomic E-state index is 12.8. The van der Waals surface area contributed by atoms with Crippen molar-refractivity contribution in [1.29, 1.82) is 0 Å². The van der Waals surface area contributed by atoms with E-state index < -0.39 is 0 Å². The summed E-state index contributed by atoms with van der Waals surface area (Å²) in [6.45, 7) is 5.48. The van der Waals surface area contributed by atoms with Gasteiger partial charge in [-0.15, -0.1) is 0 Å². The summed E-state index contributed by atoms with van der Waals surface area (Å²) in [6.07, 6.45) is 5.98. The van der Waals surface area contributed by atoms with Crippen molar-refractivity contribution < 1.29 is 5.11 Å². The lowest BCUT2D eigenvalue weighted by Gasteiger charge is -2.14. The van der Waals surface area contributed by atoms with Crippen molar-refractivity contribution in [2.45, 2.75) is 46.1 Å². The van der Waals surface area contributed by atoms with E-state index in [4.69, 9.17) is 0 Å². The highest BCUT2D eigenvalue weighted by atomic mass is 16.3. The number of hydrogen-bond donors (Lipinski definition) is 1. The Hall–Kier alpha value is -2.10. The molecule has 1 aliphatic rings. The van der Waals surface area contributed by atoms with E-state index in [9.17, 15) is 9.90 Å². The maximum Gasteiger partial charge on any atom is 0.263 e. The molecule has 0 saturated heterocycles. The highest BCUT2D eigenvalue weighted by Gasteiger charge is 2.20. The molecule has 2 aromatic rings. The highest BCUT2D eigenvalue weighted by Crippen LogP contribution is 2.30. The summed E-state index contributed by atoms with van der Waals surface area (Å²) >= 11 is 0. The number of fused-ring (bicyclic) bond motifs is 1. The smallest absolute Gasteiger partial charge is 0.263 e. The number of nitrogens with zero attached hydrogens (tertiary/aromatic N) is 2. The number of hydrogen-bond acceptors (Lipinski definition) is 3. The Balaban J connectivity index is 2.15. The van der Waals surface area contributed by atoms with Crippen LogP contribution in [-0.4, -0.2) is 22.4 Å². The minimum atomic E-state index is -0.145. The van der Waals surface area contributed by atoms with Crippen LogP contribution < -0.4 is 5.56 Å². The van der Waals surface area contributed by atoms with Gasteiger partial charge in [0.1, 0.15) is 11.3 Å². The van der Waals surface area contributed by atoms with Crippen molar-refractivity contribution in [3.63, 3.8) is 0 Å². The normalized spacial score (nSPS) is 14.9. The van der Waals surface area contributed by atoms with Crippen molar-refractivity contribution in [2.75, 3.05) is 6.54 Å². The molecule has 0 atom stereocenters. The topological polar surface area (TPSA) is 54.6 Å². The molecule has 1 N–H and O–H groups in total. The molecule has 4 nitrogen and oxygen atoms in total. The summed E-state index contributed by atoms with van der Waals surface area (Å²) in [5.41, 5.74) is 1.96. The average molecular weight is 312 g/mol. The van der Waals surface area contributed by atoms with Crippen molar-refractivity contribution in [2.24, 2.45) is 10.9 Å². The van der Waals surface area contributed by atoms with Gasteiger partial charge in [0.05, 0.1) is 5.52 Å². The third-order valence-electron chi connectivity index (χ3n) is 4.53. The minimum absolute atomic E-state index is 0.0652. The largest absolute Gasteiger partial charge is 0.506 e. The first kappa shape index (κ1) is 15.8. The van der Waals surface area contributed by atoms with E-state index in [2.05, 4.69) is 11.9 Å². The fourth-order valence-corrected chi connectivity index (χ4v) is 2.92. The summed E-state index contributed by atoms with van der Waals surface area (Å²) in [6, 6.07) is 5.80. The van der Waals surface area contributed by atoms with E-state index in [-0.39, 0.29) is 11.3 Å². The molecule has 1 aliphatic carbocycles. The average Bonchev–Trinajstić information content (AvgIpc) is 3.34. The number of rotatable bonds is 6. The summed E-state index contributed by atoms with van der Waals surface area (Å²) in [5.74, 6) is 0.730. The predicted molar refractivity (Wildman–Crippen MR) is 94.7 cm³/mol. The molecule has 0 amide bonds. The molecule has 3 rings (SSSR count). The van der Waals surface area contributed by atoms with Gasteiger partial charge in [-0.25, -0.2) is 0 Å². The molecule has 0 aliphatic heterocycles. The highest BCUT2D eigenvalue weighted by molar-refractivity contribution is 5.96. The van der Waals surface area contributed by atoms with Crippen molar-refractivity contribution >= 4 is 17.1 Å². The maximum absolute atomic E-state index is 12.8. The van der Waals surface area contributed by atoms with Crippen LogP contribution in [0.15, 0.2) is 28.0 Å². The van der Waals surface area contributed by atoms with Crippen molar-refractivity contribution in [3.8, 4) is 5.75 Å². The van der Waals surface area contributed by atoms with Crippen LogP contribution in [0.4, 0.5) is 0 Å². The van der Waals surface area contributed by atoms with E-state index >= 15 is 0 Å². The van der Waals surface area contributed by atoms with Gasteiger partial charge in [-0.1, -0.05) is 25.5 Å². The van der Waals surface area contributed by atoms with Gasteiger partial charge in [-0.05, 0) is 43.7 Å². The van der Waals surface area contributed by atoms with Crippen LogP contribution >= 0.6 is 0 Å². The molecule has 1 aromatic heterocycles. The Labute approximate surface area is 136 Å². The van der Waals surface area contributed by atoms with Gasteiger partial charge in [0.15, 0.2) is 0 Å². The predicted octanol–water partition coefficient (Wildman–Crippen LogP) is 3.64. The summed E-state index contributed by atoms with van der Waals surface area (Å²) in [4.78, 5) is 17.2. The lowest BCUT2D eigenvalue weighted by molar-refractivity contribution is 0.477. The number of aliphatic imine (C=N–C) groups is 1. The molecule has 1 saturated carbocycles. The van der Waals surface area contributed by atoms with Gasteiger partial charge in [-0.3, -0.25) is 9.79 Å². The van der Waals surface area contributed by atoms with Gasteiger partial charge in [0.25, 0.3) is 5.56 Å².